The van der Waals surface area contributed by atoms with Crippen LogP contribution in [0.2, 0.25) is 10.2 Å². The Morgan fingerprint density at radius 3 is 2.63 bits per heavy atom. The molecule has 180 valence electrons. The first-order chi connectivity index (χ1) is 16.8. The first-order valence-electron chi connectivity index (χ1n) is 11.7. The zero-order chi connectivity index (χ0) is 24.6. The Kier molecular flexibility index (Phi) is 6.67. The maximum atomic E-state index is 13.9. The Balaban J connectivity index is 1.34. The lowest BCUT2D eigenvalue weighted by atomic mass is 9.74. The lowest BCUT2D eigenvalue weighted by molar-refractivity contribution is 0.0977. The predicted molar refractivity (Wildman–Crippen MR) is 140 cm³/mol. The number of aromatic nitrogens is 1. The van der Waals surface area contributed by atoms with Crippen molar-refractivity contribution in [2.45, 2.75) is 25.2 Å². The van der Waals surface area contributed by atoms with E-state index in [4.69, 9.17) is 23.2 Å². The van der Waals surface area contributed by atoms with Crippen LogP contribution in [0.25, 0.3) is 6.08 Å². The summed E-state index contributed by atoms with van der Waals surface area (Å²) >= 11 is 12.5. The molecule has 2 aliphatic heterocycles. The number of carbonyl (C=O) groups is 1. The van der Waals surface area contributed by atoms with Gasteiger partial charge < -0.3 is 4.90 Å². The minimum absolute atomic E-state index is 0.0758. The molecule has 1 amide bonds. The third-order valence-corrected chi connectivity index (χ3v) is 7.50. The van der Waals surface area contributed by atoms with Crippen LogP contribution in [0.3, 0.4) is 0 Å². The van der Waals surface area contributed by atoms with Gasteiger partial charge in [0.25, 0.3) is 5.91 Å². The van der Waals surface area contributed by atoms with Crippen molar-refractivity contribution in [3.05, 3.63) is 99.1 Å². The number of carbonyl (C=O) groups excluding carboxylic acids is 1. The summed E-state index contributed by atoms with van der Waals surface area (Å²) in [4.78, 5) is 22.0. The third-order valence-electron chi connectivity index (χ3n) is 7.08. The van der Waals surface area contributed by atoms with Gasteiger partial charge in [0.15, 0.2) is 0 Å². The van der Waals surface area contributed by atoms with E-state index in [2.05, 4.69) is 9.88 Å². The molecule has 7 heteroatoms. The Morgan fingerprint density at radius 2 is 1.89 bits per heavy atom. The number of hydrogen-bond donors (Lipinski definition) is 0. The summed E-state index contributed by atoms with van der Waals surface area (Å²) in [6.07, 6.45) is 5.68. The van der Waals surface area contributed by atoms with Gasteiger partial charge in [-0.1, -0.05) is 53.6 Å². The van der Waals surface area contributed by atoms with Crippen LogP contribution >= 0.6 is 23.2 Å². The van der Waals surface area contributed by atoms with Crippen molar-refractivity contribution in [3.63, 3.8) is 0 Å². The topological polar surface area (TPSA) is 36.4 Å². The van der Waals surface area contributed by atoms with Crippen molar-refractivity contribution in [2.24, 2.45) is 0 Å². The van der Waals surface area contributed by atoms with Crippen molar-refractivity contribution in [1.82, 2.24) is 9.88 Å². The third kappa shape index (κ3) is 4.86. The molecule has 0 saturated carbocycles. The van der Waals surface area contributed by atoms with Gasteiger partial charge >= 0.3 is 0 Å². The second-order valence-corrected chi connectivity index (χ2v) is 10.2. The molecule has 1 aromatic heterocycles. The summed E-state index contributed by atoms with van der Waals surface area (Å²) in [6.45, 7) is 4.97. The number of amides is 1. The molecule has 2 aliphatic rings. The first kappa shape index (κ1) is 24.0. The van der Waals surface area contributed by atoms with Gasteiger partial charge in [-0.2, -0.15) is 0 Å². The first-order valence-corrected chi connectivity index (χ1v) is 12.5. The molecule has 2 aromatic carbocycles. The quantitative estimate of drug-likeness (QED) is 0.374. The standard InChI is InChI=1S/C28H26Cl2FN3O/c1-19-15-21(16-26(30)32-19)27(35)34-18-28(23-17-22(29)8-9-25(23)34)10-13-33(14-11-28)12-4-6-20-5-2-3-7-24(20)31/h2-9,15-17H,10-14,18H2,1H3. The second-order valence-electron chi connectivity index (χ2n) is 9.38. The highest BCUT2D eigenvalue weighted by atomic mass is 35.5. The van der Waals surface area contributed by atoms with E-state index in [9.17, 15) is 9.18 Å². The molecule has 1 fully saturated rings. The number of piperidine rings is 1. The second kappa shape index (κ2) is 9.73. The SMILES string of the molecule is Cc1cc(C(=O)N2CC3(CCN(CC=Cc4ccccc4F)CC3)c3cc(Cl)ccc32)cc(Cl)n1. The van der Waals surface area contributed by atoms with Crippen LogP contribution < -0.4 is 4.90 Å². The molecule has 0 radical (unpaired) electrons. The molecule has 4 nitrogen and oxygen atoms in total. The molecule has 0 atom stereocenters. The van der Waals surface area contributed by atoms with Gasteiger partial charge in [-0.05, 0) is 74.8 Å². The summed E-state index contributed by atoms with van der Waals surface area (Å²) < 4.78 is 13.9. The maximum absolute atomic E-state index is 13.9. The fraction of sp³-hybridized carbons (Fsp3) is 0.286. The number of nitrogens with zero attached hydrogens (tertiary/aromatic N) is 3. The number of fused-ring (bicyclic) bond motifs is 2. The molecule has 0 aliphatic carbocycles. The van der Waals surface area contributed by atoms with E-state index < -0.39 is 0 Å². The summed E-state index contributed by atoms with van der Waals surface area (Å²) in [5.41, 5.74) is 3.75. The largest absolute Gasteiger partial charge is 0.307 e. The lowest BCUT2D eigenvalue weighted by Crippen LogP contribution is -2.46. The molecular formula is C28H26Cl2FN3O. The fourth-order valence-electron chi connectivity index (χ4n) is 5.26. The monoisotopic (exact) mass is 509 g/mol. The maximum Gasteiger partial charge on any atom is 0.258 e. The Hall–Kier alpha value is -2.73. The Morgan fingerprint density at radius 1 is 1.11 bits per heavy atom. The molecular weight excluding hydrogens is 484 g/mol. The van der Waals surface area contributed by atoms with E-state index >= 15 is 0 Å². The van der Waals surface area contributed by atoms with Crippen LogP contribution in [0.15, 0.2) is 60.7 Å². The van der Waals surface area contributed by atoms with Crippen LogP contribution in [-0.2, 0) is 5.41 Å². The average Bonchev–Trinajstić information content (AvgIpc) is 3.13. The number of halogens is 3. The molecule has 1 saturated heterocycles. The van der Waals surface area contributed by atoms with Crippen molar-refractivity contribution in [1.29, 1.82) is 0 Å². The molecule has 35 heavy (non-hydrogen) atoms. The van der Waals surface area contributed by atoms with Gasteiger partial charge in [0.05, 0.1) is 0 Å². The van der Waals surface area contributed by atoms with Crippen LogP contribution in [0.1, 0.15) is 40.0 Å². The molecule has 3 heterocycles. The smallest absolute Gasteiger partial charge is 0.258 e. The Labute approximate surface area is 215 Å². The minimum Gasteiger partial charge on any atom is -0.307 e. The average molecular weight is 510 g/mol. The number of rotatable bonds is 4. The zero-order valence-electron chi connectivity index (χ0n) is 19.5. The number of anilines is 1. The molecule has 3 aromatic rings. The predicted octanol–water partition coefficient (Wildman–Crippen LogP) is 6.54. The van der Waals surface area contributed by atoms with Gasteiger partial charge in [0.1, 0.15) is 11.0 Å². The van der Waals surface area contributed by atoms with Gasteiger partial charge in [-0.3, -0.25) is 9.69 Å². The highest BCUT2D eigenvalue weighted by Crippen LogP contribution is 2.48. The lowest BCUT2D eigenvalue weighted by Gasteiger charge is -2.39. The van der Waals surface area contributed by atoms with Crippen molar-refractivity contribution >= 4 is 40.9 Å². The van der Waals surface area contributed by atoms with Crippen molar-refractivity contribution < 1.29 is 9.18 Å². The Bertz CT molecular complexity index is 1280. The minimum atomic E-state index is -0.212. The van der Waals surface area contributed by atoms with E-state index in [-0.39, 0.29) is 17.1 Å². The van der Waals surface area contributed by atoms with Crippen LogP contribution in [-0.4, -0.2) is 42.0 Å². The van der Waals surface area contributed by atoms with Gasteiger partial charge in [0, 0.05) is 46.0 Å². The molecule has 0 N–H and O–H groups in total. The molecule has 1 spiro atoms. The summed E-state index contributed by atoms with van der Waals surface area (Å²) in [6, 6.07) is 16.0. The molecule has 0 unspecified atom stereocenters. The van der Waals surface area contributed by atoms with E-state index in [1.165, 1.54) is 6.07 Å². The zero-order valence-corrected chi connectivity index (χ0v) is 21.0. The molecule has 0 bridgehead atoms. The summed E-state index contributed by atoms with van der Waals surface area (Å²) in [7, 11) is 0. The summed E-state index contributed by atoms with van der Waals surface area (Å²) in [5.74, 6) is -0.288. The van der Waals surface area contributed by atoms with Gasteiger partial charge in [-0.25, -0.2) is 9.37 Å². The normalized spacial score (nSPS) is 17.3. The highest BCUT2D eigenvalue weighted by Gasteiger charge is 2.46. The van der Waals surface area contributed by atoms with Crippen molar-refractivity contribution in [3.8, 4) is 0 Å². The van der Waals surface area contributed by atoms with E-state index in [0.29, 0.717) is 33.5 Å². The van der Waals surface area contributed by atoms with E-state index in [1.807, 2.05) is 48.2 Å². The number of benzene rings is 2. The highest BCUT2D eigenvalue weighted by molar-refractivity contribution is 6.31. The van der Waals surface area contributed by atoms with Gasteiger partial charge in [0.2, 0.25) is 0 Å². The fourth-order valence-corrected chi connectivity index (χ4v) is 5.68. The number of aryl methyl sites for hydroxylation is 1. The molecule has 5 rings (SSSR count). The van der Waals surface area contributed by atoms with E-state index in [1.54, 1.807) is 24.3 Å². The van der Waals surface area contributed by atoms with Crippen LogP contribution in [0.4, 0.5) is 10.1 Å². The van der Waals surface area contributed by atoms with E-state index in [0.717, 1.165) is 43.7 Å². The van der Waals surface area contributed by atoms with Crippen LogP contribution in [0.5, 0.6) is 0 Å². The van der Waals surface area contributed by atoms with Gasteiger partial charge in [-0.15, -0.1) is 0 Å². The van der Waals surface area contributed by atoms with Crippen molar-refractivity contribution in [2.75, 3.05) is 31.1 Å². The summed E-state index contributed by atoms with van der Waals surface area (Å²) in [5, 5.41) is 0.991. The number of pyridine rings is 1. The number of likely N-dealkylation sites (tertiary alicyclic amines) is 1. The number of hydrogen-bond acceptors (Lipinski definition) is 3. The van der Waals surface area contributed by atoms with Crippen LogP contribution in [0, 0.1) is 12.7 Å².